The van der Waals surface area contributed by atoms with Crippen LogP contribution in [0.1, 0.15) is 11.3 Å². The smallest absolute Gasteiger partial charge is 0.249 e. The van der Waals surface area contributed by atoms with Gasteiger partial charge in [0.1, 0.15) is 0 Å². The molecule has 0 radical (unpaired) electrons. The molecule has 0 unspecified atom stereocenters. The van der Waals surface area contributed by atoms with Gasteiger partial charge in [0, 0.05) is 78.3 Å². The molecule has 4 heterocycles. The first-order chi connectivity index (χ1) is 15.7. The number of fused-ring (bicyclic) bond motifs is 1. The second-order valence-corrected chi connectivity index (χ2v) is 7.74. The SMILES string of the molecule is C=Cc1[nH]c(=O)cc(-c2cnn3cc(-c4ccc(N5CCNCC5)cc4)cnc23)c1C=C. The van der Waals surface area contributed by atoms with Crippen LogP contribution >= 0.6 is 0 Å². The van der Waals surface area contributed by atoms with Crippen LogP contribution in [0.25, 0.3) is 40.1 Å². The van der Waals surface area contributed by atoms with Gasteiger partial charge in [-0.2, -0.15) is 5.10 Å². The summed E-state index contributed by atoms with van der Waals surface area (Å²) in [5.74, 6) is 0. The zero-order valence-corrected chi connectivity index (χ0v) is 17.7. The number of hydrogen-bond acceptors (Lipinski definition) is 5. The summed E-state index contributed by atoms with van der Waals surface area (Å²) in [6.07, 6.45) is 8.86. The minimum atomic E-state index is -0.207. The van der Waals surface area contributed by atoms with Crippen molar-refractivity contribution in [3.05, 3.63) is 83.7 Å². The molecule has 1 saturated heterocycles. The monoisotopic (exact) mass is 424 g/mol. The average molecular weight is 425 g/mol. The molecule has 7 nitrogen and oxygen atoms in total. The van der Waals surface area contributed by atoms with Crippen molar-refractivity contribution in [1.82, 2.24) is 24.9 Å². The molecule has 5 rings (SSSR count). The van der Waals surface area contributed by atoms with Crippen molar-refractivity contribution in [2.24, 2.45) is 0 Å². The number of nitrogens with one attached hydrogen (secondary N) is 2. The van der Waals surface area contributed by atoms with Crippen LogP contribution in [0.5, 0.6) is 0 Å². The standard InChI is InChI=1S/C25H24N6O/c1-3-20-21(13-24(32)29-23(20)4-2)22-15-28-31-16-18(14-27-25(22)31)17-5-7-19(8-6-17)30-11-9-26-10-12-30/h3-8,13-16,26H,1-2,9-12H2,(H,29,32). The number of benzene rings is 1. The van der Waals surface area contributed by atoms with E-state index in [1.165, 1.54) is 5.69 Å². The molecule has 0 spiro atoms. The molecule has 0 saturated carbocycles. The molecule has 1 aliphatic rings. The van der Waals surface area contributed by atoms with Gasteiger partial charge in [0.25, 0.3) is 0 Å². The molecule has 1 aromatic carbocycles. The normalized spacial score (nSPS) is 13.9. The molecule has 3 aromatic heterocycles. The summed E-state index contributed by atoms with van der Waals surface area (Å²) in [7, 11) is 0. The molecule has 1 fully saturated rings. The zero-order chi connectivity index (χ0) is 22.1. The Hall–Kier alpha value is -3.97. The molecule has 0 atom stereocenters. The van der Waals surface area contributed by atoms with E-state index in [2.05, 4.69) is 62.7 Å². The lowest BCUT2D eigenvalue weighted by Gasteiger charge is -2.29. The summed E-state index contributed by atoms with van der Waals surface area (Å²) >= 11 is 0. The van der Waals surface area contributed by atoms with Crippen LogP contribution in [0.15, 0.2) is 66.9 Å². The quantitative estimate of drug-likeness (QED) is 0.513. The van der Waals surface area contributed by atoms with Crippen molar-refractivity contribution >= 4 is 23.5 Å². The maximum Gasteiger partial charge on any atom is 0.249 e. The topological polar surface area (TPSA) is 78.3 Å². The Labute approximate surface area is 185 Å². The third-order valence-corrected chi connectivity index (χ3v) is 5.85. The molecule has 32 heavy (non-hydrogen) atoms. The predicted molar refractivity (Wildman–Crippen MR) is 130 cm³/mol. The van der Waals surface area contributed by atoms with Crippen molar-refractivity contribution in [1.29, 1.82) is 0 Å². The van der Waals surface area contributed by atoms with Gasteiger partial charge in [-0.15, -0.1) is 0 Å². The van der Waals surface area contributed by atoms with Crippen molar-refractivity contribution in [2.45, 2.75) is 0 Å². The molecule has 0 bridgehead atoms. The number of H-pyrrole nitrogens is 1. The Balaban J connectivity index is 1.51. The first-order valence-electron chi connectivity index (χ1n) is 10.6. The van der Waals surface area contributed by atoms with E-state index in [4.69, 9.17) is 0 Å². The number of pyridine rings is 1. The van der Waals surface area contributed by atoms with Crippen LogP contribution in [0.2, 0.25) is 0 Å². The highest BCUT2D eigenvalue weighted by molar-refractivity contribution is 5.85. The number of hydrogen-bond donors (Lipinski definition) is 2. The first kappa shape index (κ1) is 20.0. The highest BCUT2D eigenvalue weighted by atomic mass is 16.1. The van der Waals surface area contributed by atoms with Gasteiger partial charge >= 0.3 is 0 Å². The molecule has 1 aliphatic heterocycles. The summed E-state index contributed by atoms with van der Waals surface area (Å²) in [6, 6.07) is 10.1. The van der Waals surface area contributed by atoms with E-state index < -0.39 is 0 Å². The zero-order valence-electron chi connectivity index (χ0n) is 17.7. The number of rotatable bonds is 5. The van der Waals surface area contributed by atoms with Crippen LogP contribution in [0, 0.1) is 0 Å². The lowest BCUT2D eigenvalue weighted by molar-refractivity contribution is 0.589. The van der Waals surface area contributed by atoms with E-state index in [9.17, 15) is 4.79 Å². The fraction of sp³-hybridized carbons (Fsp3) is 0.160. The molecule has 7 heteroatoms. The third-order valence-electron chi connectivity index (χ3n) is 5.85. The Morgan fingerprint density at radius 2 is 1.75 bits per heavy atom. The molecule has 4 aromatic rings. The van der Waals surface area contributed by atoms with Gasteiger partial charge in [0.15, 0.2) is 5.65 Å². The molecular weight excluding hydrogens is 400 g/mol. The number of piperazine rings is 1. The van der Waals surface area contributed by atoms with Gasteiger partial charge in [0.2, 0.25) is 5.56 Å². The van der Waals surface area contributed by atoms with Crippen molar-refractivity contribution in [2.75, 3.05) is 31.1 Å². The number of nitrogens with zero attached hydrogens (tertiary/aromatic N) is 4. The Kier molecular flexibility index (Phi) is 5.17. The van der Waals surface area contributed by atoms with E-state index in [0.717, 1.165) is 54.0 Å². The van der Waals surface area contributed by atoms with Gasteiger partial charge < -0.3 is 15.2 Å². The summed E-state index contributed by atoms with van der Waals surface area (Å²) in [5.41, 5.74) is 6.68. The lowest BCUT2D eigenvalue weighted by Crippen LogP contribution is -2.43. The van der Waals surface area contributed by atoms with Gasteiger partial charge in [-0.05, 0) is 23.8 Å². The molecule has 2 N–H and O–H groups in total. The van der Waals surface area contributed by atoms with Crippen molar-refractivity contribution in [3.8, 4) is 22.3 Å². The van der Waals surface area contributed by atoms with Gasteiger partial charge in [-0.25, -0.2) is 9.50 Å². The van der Waals surface area contributed by atoms with Gasteiger partial charge in [0.05, 0.1) is 6.20 Å². The summed E-state index contributed by atoms with van der Waals surface area (Å²) in [5, 5.41) is 7.88. The largest absolute Gasteiger partial charge is 0.369 e. The molecular formula is C25H24N6O. The van der Waals surface area contributed by atoms with E-state index in [1.54, 1.807) is 28.9 Å². The fourth-order valence-corrected chi connectivity index (χ4v) is 4.20. The minimum absolute atomic E-state index is 0.207. The fourth-order valence-electron chi connectivity index (χ4n) is 4.20. The van der Waals surface area contributed by atoms with E-state index in [0.29, 0.717) is 11.3 Å². The highest BCUT2D eigenvalue weighted by Gasteiger charge is 2.15. The Morgan fingerprint density at radius 3 is 2.47 bits per heavy atom. The van der Waals surface area contributed by atoms with Crippen LogP contribution in [0.3, 0.4) is 0 Å². The van der Waals surface area contributed by atoms with Gasteiger partial charge in [-0.3, -0.25) is 4.79 Å². The van der Waals surface area contributed by atoms with Crippen LogP contribution in [0.4, 0.5) is 5.69 Å². The van der Waals surface area contributed by atoms with Crippen LogP contribution in [-0.4, -0.2) is 45.8 Å². The number of anilines is 1. The van der Waals surface area contributed by atoms with E-state index >= 15 is 0 Å². The lowest BCUT2D eigenvalue weighted by atomic mass is 10.0. The van der Waals surface area contributed by atoms with Crippen molar-refractivity contribution in [3.63, 3.8) is 0 Å². The molecule has 0 aliphatic carbocycles. The number of aromatic amines is 1. The van der Waals surface area contributed by atoms with Crippen LogP contribution in [-0.2, 0) is 0 Å². The summed E-state index contributed by atoms with van der Waals surface area (Å²) in [4.78, 5) is 22.0. The molecule has 0 amide bonds. The maximum absolute atomic E-state index is 12.2. The first-order valence-corrected chi connectivity index (χ1v) is 10.6. The Morgan fingerprint density at radius 1 is 0.969 bits per heavy atom. The Bertz CT molecular complexity index is 1360. The minimum Gasteiger partial charge on any atom is -0.369 e. The van der Waals surface area contributed by atoms with Crippen molar-refractivity contribution < 1.29 is 0 Å². The maximum atomic E-state index is 12.2. The third kappa shape index (κ3) is 3.52. The summed E-state index contributed by atoms with van der Waals surface area (Å²) < 4.78 is 1.75. The van der Waals surface area contributed by atoms with E-state index in [1.807, 2.05) is 12.4 Å². The second kappa shape index (κ2) is 8.28. The second-order valence-electron chi connectivity index (χ2n) is 7.74. The van der Waals surface area contributed by atoms with Crippen LogP contribution < -0.4 is 15.8 Å². The summed E-state index contributed by atoms with van der Waals surface area (Å²) in [6.45, 7) is 11.7. The predicted octanol–water partition coefficient (Wildman–Crippen LogP) is 3.45. The van der Waals surface area contributed by atoms with E-state index in [-0.39, 0.29) is 5.56 Å². The average Bonchev–Trinajstić information content (AvgIpc) is 3.27. The number of aromatic nitrogens is 4. The molecule has 160 valence electrons. The van der Waals surface area contributed by atoms with Gasteiger partial charge in [-0.1, -0.05) is 31.4 Å². The highest BCUT2D eigenvalue weighted by Crippen LogP contribution is 2.30.